The summed E-state index contributed by atoms with van der Waals surface area (Å²) in [6, 6.07) is 13.1. The Morgan fingerprint density at radius 2 is 1.78 bits per heavy atom. The van der Waals surface area contributed by atoms with Crippen LogP contribution in [0.25, 0.3) is 0 Å². The molecule has 3 rings (SSSR count). The summed E-state index contributed by atoms with van der Waals surface area (Å²) in [7, 11) is -3.45. The third kappa shape index (κ3) is 5.25. The summed E-state index contributed by atoms with van der Waals surface area (Å²) in [6.07, 6.45) is 0. The first kappa shape index (κ1) is 20.2. The highest BCUT2D eigenvalue weighted by Crippen LogP contribution is 2.24. The summed E-state index contributed by atoms with van der Waals surface area (Å²) in [5, 5.41) is 0. The van der Waals surface area contributed by atoms with E-state index in [1.165, 1.54) is 20.3 Å². The molecule has 5 nitrogen and oxygen atoms in total. The third-order valence-electron chi connectivity index (χ3n) is 4.37. The smallest absolute Gasteiger partial charge is 0.243 e. The van der Waals surface area contributed by atoms with E-state index in [2.05, 4.69) is 32.0 Å². The van der Waals surface area contributed by atoms with Crippen LogP contribution >= 0.6 is 11.8 Å². The van der Waals surface area contributed by atoms with E-state index in [4.69, 9.17) is 9.47 Å². The molecule has 27 heavy (non-hydrogen) atoms. The van der Waals surface area contributed by atoms with Crippen LogP contribution in [0.15, 0.2) is 52.3 Å². The number of nitrogens with zero attached hydrogens (tertiary/aromatic N) is 1. The van der Waals surface area contributed by atoms with Crippen molar-refractivity contribution in [2.75, 3.05) is 38.7 Å². The molecular formula is C20H25NO4S2. The summed E-state index contributed by atoms with van der Waals surface area (Å²) in [5.41, 5.74) is 2.54. The van der Waals surface area contributed by atoms with Gasteiger partial charge in [-0.1, -0.05) is 17.7 Å². The number of thioether (sulfide) groups is 1. The molecule has 2 aromatic carbocycles. The van der Waals surface area contributed by atoms with Gasteiger partial charge in [0.05, 0.1) is 24.7 Å². The largest absolute Gasteiger partial charge is 0.493 e. The maximum absolute atomic E-state index is 12.6. The van der Waals surface area contributed by atoms with Crippen LogP contribution < -0.4 is 4.74 Å². The molecule has 0 aromatic heterocycles. The minimum Gasteiger partial charge on any atom is -0.493 e. The normalized spacial score (nSPS) is 15.6. The summed E-state index contributed by atoms with van der Waals surface area (Å²) in [5.74, 6) is 1.51. The topological polar surface area (TPSA) is 55.8 Å². The molecule has 146 valence electrons. The Balaban J connectivity index is 1.51. The van der Waals surface area contributed by atoms with Crippen LogP contribution in [0.5, 0.6) is 5.75 Å². The monoisotopic (exact) mass is 407 g/mol. The molecule has 0 aliphatic carbocycles. The highest BCUT2D eigenvalue weighted by Gasteiger charge is 2.26. The Morgan fingerprint density at radius 3 is 2.44 bits per heavy atom. The minimum atomic E-state index is -3.45. The molecule has 1 fully saturated rings. The van der Waals surface area contributed by atoms with Crippen LogP contribution in [0.4, 0.5) is 0 Å². The number of rotatable bonds is 7. The van der Waals surface area contributed by atoms with E-state index in [-0.39, 0.29) is 0 Å². The van der Waals surface area contributed by atoms with Gasteiger partial charge in [0, 0.05) is 23.7 Å². The second-order valence-electron chi connectivity index (χ2n) is 6.45. The highest BCUT2D eigenvalue weighted by molar-refractivity contribution is 7.99. The second-order valence-corrected chi connectivity index (χ2v) is 9.53. The van der Waals surface area contributed by atoms with Crippen molar-refractivity contribution in [2.24, 2.45) is 0 Å². The van der Waals surface area contributed by atoms with Crippen LogP contribution in [0.2, 0.25) is 0 Å². The van der Waals surface area contributed by atoms with Gasteiger partial charge in [-0.2, -0.15) is 4.31 Å². The van der Waals surface area contributed by atoms with Crippen molar-refractivity contribution in [1.82, 2.24) is 4.31 Å². The van der Waals surface area contributed by atoms with Crippen LogP contribution in [-0.2, 0) is 14.8 Å². The fraction of sp³-hybridized carbons (Fsp3) is 0.400. The van der Waals surface area contributed by atoms with Gasteiger partial charge in [-0.3, -0.25) is 0 Å². The van der Waals surface area contributed by atoms with Crippen molar-refractivity contribution >= 4 is 21.8 Å². The number of aryl methyl sites for hydroxylation is 2. The number of sulfonamides is 1. The number of hydrogen-bond donors (Lipinski definition) is 0. The van der Waals surface area contributed by atoms with Crippen molar-refractivity contribution in [3.8, 4) is 5.75 Å². The molecule has 0 N–H and O–H groups in total. The van der Waals surface area contributed by atoms with E-state index in [1.54, 1.807) is 36.0 Å². The molecule has 1 aliphatic rings. The molecule has 0 radical (unpaired) electrons. The lowest BCUT2D eigenvalue weighted by molar-refractivity contribution is 0.0730. The van der Waals surface area contributed by atoms with Gasteiger partial charge >= 0.3 is 0 Å². The first-order valence-electron chi connectivity index (χ1n) is 8.97. The Morgan fingerprint density at radius 1 is 1.07 bits per heavy atom. The van der Waals surface area contributed by atoms with Crippen LogP contribution in [0, 0.1) is 13.8 Å². The van der Waals surface area contributed by atoms with Gasteiger partial charge in [-0.25, -0.2) is 8.42 Å². The first-order chi connectivity index (χ1) is 13.0. The van der Waals surface area contributed by atoms with Crippen molar-refractivity contribution in [3.05, 3.63) is 53.6 Å². The minimum absolute atomic E-state index is 0.293. The number of ether oxygens (including phenoxy) is 2. The first-order valence-corrected chi connectivity index (χ1v) is 11.4. The zero-order valence-electron chi connectivity index (χ0n) is 15.7. The quantitative estimate of drug-likeness (QED) is 0.519. The fourth-order valence-corrected chi connectivity index (χ4v) is 5.16. The van der Waals surface area contributed by atoms with Crippen molar-refractivity contribution < 1.29 is 17.9 Å². The zero-order chi connectivity index (χ0) is 19.3. The Kier molecular flexibility index (Phi) is 6.81. The molecule has 0 atom stereocenters. The molecule has 1 heterocycles. The molecule has 0 spiro atoms. The van der Waals surface area contributed by atoms with E-state index in [0.29, 0.717) is 43.6 Å². The van der Waals surface area contributed by atoms with Crippen LogP contribution in [0.3, 0.4) is 0 Å². The molecule has 1 saturated heterocycles. The predicted molar refractivity (Wildman–Crippen MR) is 108 cm³/mol. The lowest BCUT2D eigenvalue weighted by atomic mass is 10.2. The van der Waals surface area contributed by atoms with Crippen LogP contribution in [-0.4, -0.2) is 51.4 Å². The van der Waals surface area contributed by atoms with E-state index in [9.17, 15) is 8.42 Å². The SMILES string of the molecule is Cc1ccc(SCCOc2ccc(S(=O)(=O)N3CCOCC3)cc2)c(C)c1. The maximum Gasteiger partial charge on any atom is 0.243 e. The van der Waals surface area contributed by atoms with Gasteiger partial charge in [0.2, 0.25) is 10.0 Å². The predicted octanol–water partition coefficient (Wildman–Crippen LogP) is 3.50. The van der Waals surface area contributed by atoms with Gasteiger partial charge in [0.25, 0.3) is 0 Å². The molecule has 1 aliphatic heterocycles. The molecule has 0 unspecified atom stereocenters. The summed E-state index contributed by atoms with van der Waals surface area (Å²) >= 11 is 1.76. The number of hydrogen-bond acceptors (Lipinski definition) is 5. The summed E-state index contributed by atoms with van der Waals surface area (Å²) in [6.45, 7) is 6.45. The summed E-state index contributed by atoms with van der Waals surface area (Å²) in [4.78, 5) is 1.55. The molecule has 0 saturated carbocycles. The van der Waals surface area contributed by atoms with Gasteiger partial charge in [-0.05, 0) is 49.7 Å². The van der Waals surface area contributed by atoms with Gasteiger partial charge < -0.3 is 9.47 Å². The Labute approximate surface area is 165 Å². The van der Waals surface area contributed by atoms with E-state index < -0.39 is 10.0 Å². The second kappa shape index (κ2) is 9.10. The fourth-order valence-electron chi connectivity index (χ4n) is 2.92. The van der Waals surface area contributed by atoms with Crippen LogP contribution in [0.1, 0.15) is 11.1 Å². The van der Waals surface area contributed by atoms with Gasteiger partial charge in [0.1, 0.15) is 5.75 Å². The number of benzene rings is 2. The summed E-state index contributed by atoms with van der Waals surface area (Å²) < 4.78 is 37.6. The standard InChI is InChI=1S/C20H25NO4S2/c1-16-3-8-20(17(2)15-16)26-14-13-25-18-4-6-19(7-5-18)27(22,23)21-9-11-24-12-10-21/h3-8,15H,9-14H2,1-2H3. The van der Waals surface area contributed by atoms with Crippen molar-refractivity contribution in [3.63, 3.8) is 0 Å². The van der Waals surface area contributed by atoms with E-state index in [0.717, 1.165) is 5.75 Å². The van der Waals surface area contributed by atoms with Gasteiger partial charge in [0.15, 0.2) is 0 Å². The Bertz CT molecular complexity index is 860. The molecule has 2 aromatic rings. The molecular weight excluding hydrogens is 382 g/mol. The third-order valence-corrected chi connectivity index (χ3v) is 7.42. The van der Waals surface area contributed by atoms with E-state index >= 15 is 0 Å². The lowest BCUT2D eigenvalue weighted by Crippen LogP contribution is -2.40. The highest BCUT2D eigenvalue weighted by atomic mass is 32.2. The van der Waals surface area contributed by atoms with E-state index in [1.807, 2.05) is 0 Å². The van der Waals surface area contributed by atoms with Crippen molar-refractivity contribution in [1.29, 1.82) is 0 Å². The van der Waals surface area contributed by atoms with Crippen molar-refractivity contribution in [2.45, 2.75) is 23.6 Å². The zero-order valence-corrected chi connectivity index (χ0v) is 17.3. The average Bonchev–Trinajstić information content (AvgIpc) is 2.68. The molecule has 0 amide bonds. The lowest BCUT2D eigenvalue weighted by Gasteiger charge is -2.26. The molecule has 7 heteroatoms. The number of morpholine rings is 1. The van der Waals surface area contributed by atoms with Gasteiger partial charge in [-0.15, -0.1) is 11.8 Å². The average molecular weight is 408 g/mol. The maximum atomic E-state index is 12.6. The Hall–Kier alpha value is -1.54. The molecule has 0 bridgehead atoms.